The van der Waals surface area contributed by atoms with Gasteiger partial charge < -0.3 is 30.3 Å². The zero-order valence-electron chi connectivity index (χ0n) is 29.3. The number of ether oxygens (including phenoxy) is 2. The number of aliphatic hydroxyl groups is 2. The van der Waals surface area contributed by atoms with Crippen molar-refractivity contribution >= 4 is 23.8 Å². The summed E-state index contributed by atoms with van der Waals surface area (Å²) in [5, 5.41) is 27.6. The van der Waals surface area contributed by atoms with Crippen molar-refractivity contribution in [3.05, 3.63) is 29.3 Å². The monoisotopic (exact) mass is 638 g/mol. The van der Waals surface area contributed by atoms with Crippen molar-refractivity contribution < 1.29 is 29.3 Å². The van der Waals surface area contributed by atoms with E-state index >= 15 is 0 Å². The molecule has 0 saturated carbocycles. The van der Waals surface area contributed by atoms with Crippen LogP contribution < -0.4 is 15.4 Å². The quantitative estimate of drug-likeness (QED) is 0.136. The lowest BCUT2D eigenvalue weighted by Crippen LogP contribution is -2.48. The third-order valence-corrected chi connectivity index (χ3v) is 8.40. The topological polar surface area (TPSA) is 117 Å². The number of unbranched alkanes of at least 4 members (excludes halogenated alkanes) is 1. The van der Waals surface area contributed by atoms with Crippen molar-refractivity contribution in [2.24, 2.45) is 17.8 Å². The minimum Gasteiger partial charge on any atom is -0.491 e. The maximum absolute atomic E-state index is 12.9. The molecule has 0 aliphatic heterocycles. The molecule has 44 heavy (non-hydrogen) atoms. The Kier molecular flexibility index (Phi) is 17.2. The molecule has 0 fully saturated rings. The average Bonchev–Trinajstić information content (AvgIpc) is 2.89. The van der Waals surface area contributed by atoms with Gasteiger partial charge in [0, 0.05) is 18.2 Å². The number of hydrogen-bond donors (Lipinski definition) is 4. The molecule has 0 radical (unpaired) electrons. The van der Waals surface area contributed by atoms with E-state index in [0.29, 0.717) is 25.1 Å². The molecule has 0 aliphatic carbocycles. The van der Waals surface area contributed by atoms with Gasteiger partial charge in [-0.15, -0.1) is 0 Å². The Bertz CT molecular complexity index is 1000. The normalized spacial score (nSPS) is 15.7. The molecule has 0 spiro atoms. The lowest BCUT2D eigenvalue weighted by atomic mass is 9.80. The minimum absolute atomic E-state index is 0.0944. The molecule has 0 unspecified atom stereocenters. The second kappa shape index (κ2) is 18.9. The lowest BCUT2D eigenvalue weighted by molar-refractivity contribution is -0.125. The van der Waals surface area contributed by atoms with Gasteiger partial charge in [0.15, 0.2) is 0 Å². The minimum atomic E-state index is -0.934. The van der Waals surface area contributed by atoms with E-state index in [-0.39, 0.29) is 36.2 Å². The number of nitrogens with one attached hydrogen (secondary N) is 2. The first kappa shape index (κ1) is 40.1. The molecule has 2 amide bonds. The molecule has 1 rings (SSSR count). The van der Waals surface area contributed by atoms with Gasteiger partial charge in [0.25, 0.3) is 0 Å². The van der Waals surface area contributed by atoms with E-state index in [1.54, 1.807) is 32.5 Å². The third-order valence-electron chi connectivity index (χ3n) is 7.68. The highest BCUT2D eigenvalue weighted by molar-refractivity contribution is 7.98. The van der Waals surface area contributed by atoms with Crippen LogP contribution in [0, 0.1) is 17.8 Å². The molecule has 0 aliphatic rings. The Labute approximate surface area is 271 Å². The highest BCUT2D eigenvalue weighted by Gasteiger charge is 2.31. The van der Waals surface area contributed by atoms with E-state index in [1.807, 2.05) is 13.2 Å². The highest BCUT2D eigenvalue weighted by Crippen LogP contribution is 2.34. The van der Waals surface area contributed by atoms with Crippen LogP contribution in [0.5, 0.6) is 5.75 Å². The summed E-state index contributed by atoms with van der Waals surface area (Å²) in [4.78, 5) is 25.5. The van der Waals surface area contributed by atoms with Crippen LogP contribution in [-0.4, -0.2) is 71.2 Å². The van der Waals surface area contributed by atoms with Crippen molar-refractivity contribution in [3.8, 4) is 5.75 Å². The van der Waals surface area contributed by atoms with Crippen LogP contribution in [0.25, 0.3) is 0 Å². The van der Waals surface area contributed by atoms with Gasteiger partial charge in [0.05, 0.1) is 18.2 Å². The molecule has 8 nitrogen and oxygen atoms in total. The summed E-state index contributed by atoms with van der Waals surface area (Å²) in [6.07, 6.45) is 3.21. The molecule has 1 aromatic rings. The van der Waals surface area contributed by atoms with E-state index in [1.165, 1.54) is 0 Å². The van der Waals surface area contributed by atoms with E-state index < -0.39 is 35.9 Å². The van der Waals surface area contributed by atoms with Gasteiger partial charge in [-0.25, -0.2) is 4.79 Å². The number of aliphatic hydroxyl groups excluding tert-OH is 2. The first-order chi connectivity index (χ1) is 20.4. The summed E-state index contributed by atoms with van der Waals surface area (Å²) in [6.45, 7) is 20.8. The van der Waals surface area contributed by atoms with Gasteiger partial charge in [-0.3, -0.25) is 4.79 Å². The average molecular weight is 639 g/mol. The zero-order valence-corrected chi connectivity index (χ0v) is 30.1. The lowest BCUT2D eigenvalue weighted by Gasteiger charge is -2.32. The van der Waals surface area contributed by atoms with Crippen LogP contribution in [0.15, 0.2) is 18.2 Å². The van der Waals surface area contributed by atoms with E-state index in [4.69, 9.17) is 9.47 Å². The van der Waals surface area contributed by atoms with Crippen molar-refractivity contribution in [1.29, 1.82) is 0 Å². The predicted molar refractivity (Wildman–Crippen MR) is 183 cm³/mol. The number of carbonyl (C=O) groups is 2. The predicted octanol–water partition coefficient (Wildman–Crippen LogP) is 6.49. The molecule has 0 heterocycles. The maximum atomic E-state index is 12.9. The largest absolute Gasteiger partial charge is 0.491 e. The summed E-state index contributed by atoms with van der Waals surface area (Å²) in [7, 11) is 0. The van der Waals surface area contributed by atoms with Gasteiger partial charge in [-0.05, 0) is 87.2 Å². The zero-order chi connectivity index (χ0) is 33.7. The Morgan fingerprint density at radius 3 is 2.23 bits per heavy atom. The second-order valence-electron chi connectivity index (χ2n) is 14.5. The van der Waals surface area contributed by atoms with Gasteiger partial charge in [-0.2, -0.15) is 11.8 Å². The molecular weight excluding hydrogens is 576 g/mol. The molecule has 254 valence electrons. The smallest absolute Gasteiger partial charge is 0.407 e. The van der Waals surface area contributed by atoms with Gasteiger partial charge in [0.1, 0.15) is 18.0 Å². The Balaban J connectivity index is 3.24. The second-order valence-corrected chi connectivity index (χ2v) is 15.5. The van der Waals surface area contributed by atoms with E-state index in [2.05, 4.69) is 70.4 Å². The van der Waals surface area contributed by atoms with Crippen LogP contribution in [0.3, 0.4) is 0 Å². The Morgan fingerprint density at radius 1 is 1.02 bits per heavy atom. The fourth-order valence-electron chi connectivity index (χ4n) is 5.05. The molecule has 1 aromatic carbocycles. The van der Waals surface area contributed by atoms with Gasteiger partial charge in [0.2, 0.25) is 5.91 Å². The molecule has 5 atom stereocenters. The number of hydrogen-bond acceptors (Lipinski definition) is 7. The molecule has 0 saturated heterocycles. The van der Waals surface area contributed by atoms with Gasteiger partial charge >= 0.3 is 6.09 Å². The van der Waals surface area contributed by atoms with E-state index in [9.17, 15) is 19.8 Å². The van der Waals surface area contributed by atoms with Crippen molar-refractivity contribution in [2.75, 3.05) is 25.2 Å². The molecule has 0 bridgehead atoms. The molecular formula is C35H62N2O6S. The fraction of sp³-hybridized carbons (Fsp3) is 0.771. The molecule has 9 heteroatoms. The number of amides is 2. The number of thioether (sulfide) groups is 1. The Morgan fingerprint density at radius 2 is 1.68 bits per heavy atom. The SMILES string of the molecule is CCCCNC(=O)[C@H](C)C[C@H](O)[C@H](C[C@H](Cc1ccc(C(C)(C)C)c(OC[C@H](O)CSC)c1)C(C)C)NC(=O)OC(C)(C)C. The van der Waals surface area contributed by atoms with E-state index in [0.717, 1.165) is 29.7 Å². The van der Waals surface area contributed by atoms with Crippen molar-refractivity contribution in [3.63, 3.8) is 0 Å². The summed E-state index contributed by atoms with van der Waals surface area (Å²) in [5.41, 5.74) is 1.34. The summed E-state index contributed by atoms with van der Waals surface area (Å²) < 4.78 is 11.7. The highest BCUT2D eigenvalue weighted by atomic mass is 32.2. The van der Waals surface area contributed by atoms with Gasteiger partial charge in [-0.1, -0.05) is 67.0 Å². The third kappa shape index (κ3) is 15.3. The van der Waals surface area contributed by atoms with Crippen LogP contribution in [0.1, 0.15) is 106 Å². The van der Waals surface area contributed by atoms with Crippen LogP contribution in [-0.2, 0) is 21.4 Å². The number of benzene rings is 1. The van der Waals surface area contributed by atoms with Crippen molar-refractivity contribution in [2.45, 2.75) is 131 Å². The summed E-state index contributed by atoms with van der Waals surface area (Å²) in [5.74, 6) is 1.22. The van der Waals surface area contributed by atoms with Crippen molar-refractivity contribution in [1.82, 2.24) is 10.6 Å². The van der Waals surface area contributed by atoms with Crippen LogP contribution >= 0.6 is 11.8 Å². The molecule has 4 N–H and O–H groups in total. The first-order valence-corrected chi connectivity index (χ1v) is 17.7. The summed E-state index contributed by atoms with van der Waals surface area (Å²) >= 11 is 1.58. The number of rotatable bonds is 18. The number of carbonyl (C=O) groups excluding carboxylic acids is 2. The fourth-order valence-corrected chi connectivity index (χ4v) is 5.53. The van der Waals surface area contributed by atoms with Crippen LogP contribution in [0.2, 0.25) is 0 Å². The van der Waals surface area contributed by atoms with Crippen LogP contribution in [0.4, 0.5) is 4.79 Å². The maximum Gasteiger partial charge on any atom is 0.407 e. The number of alkyl carbamates (subject to hydrolysis) is 1. The Hall–Kier alpha value is -1.97. The molecule has 0 aromatic heterocycles. The summed E-state index contributed by atoms with van der Waals surface area (Å²) in [6, 6.07) is 5.69. The first-order valence-electron chi connectivity index (χ1n) is 16.3. The standard InChI is InChI=1S/C35H62N2O6S/c1-12-13-16-36-32(40)24(4)17-30(39)29(37-33(41)43-35(8,9)10)20-26(23(2)3)18-25-14-15-28(34(5,6)7)31(19-25)42-21-27(38)22-44-11/h14-15,19,23-24,26-27,29-30,38-39H,12-13,16-18,20-22H2,1-11H3,(H,36,40)(H,37,41)/t24-,26+,27+,29+,30+/m1/s1.